The Bertz CT molecular complexity index is 394. The van der Waals surface area contributed by atoms with E-state index in [2.05, 4.69) is 19.8 Å². The van der Waals surface area contributed by atoms with Crippen LogP contribution in [0.3, 0.4) is 0 Å². The van der Waals surface area contributed by atoms with Gasteiger partial charge in [0.2, 0.25) is 0 Å². The van der Waals surface area contributed by atoms with E-state index in [4.69, 9.17) is 5.73 Å². The molecule has 7 nitrogen and oxygen atoms in total. The Morgan fingerprint density at radius 3 is 2.50 bits per heavy atom. The van der Waals surface area contributed by atoms with Gasteiger partial charge in [-0.05, 0) is 26.7 Å². The molecule has 0 aliphatic heterocycles. The Morgan fingerprint density at radius 2 is 1.95 bits per heavy atom. The quantitative estimate of drug-likeness (QED) is 0.206. The van der Waals surface area contributed by atoms with Gasteiger partial charge in [0, 0.05) is 18.6 Å². The Balaban J connectivity index is 0.00000361. The van der Waals surface area contributed by atoms with Crippen molar-refractivity contribution in [3.05, 3.63) is 0 Å². The van der Waals surface area contributed by atoms with Crippen molar-refractivity contribution in [2.45, 2.75) is 51.6 Å². The van der Waals surface area contributed by atoms with Crippen LogP contribution in [0.2, 0.25) is 0 Å². The number of hydrogen-bond acceptors (Lipinski definition) is 3. The van der Waals surface area contributed by atoms with Gasteiger partial charge in [0.05, 0.1) is 6.54 Å². The fraction of sp³-hybridized carbons (Fsp3) is 0.909. The monoisotopic (exact) mass is 419 g/mol. The van der Waals surface area contributed by atoms with Crippen molar-refractivity contribution in [3.8, 4) is 0 Å². The summed E-state index contributed by atoms with van der Waals surface area (Å²) >= 11 is 0. The van der Waals surface area contributed by atoms with E-state index in [1.807, 2.05) is 0 Å². The zero-order chi connectivity index (χ0) is 14.3. The third kappa shape index (κ3) is 8.93. The molecule has 0 heterocycles. The van der Waals surface area contributed by atoms with E-state index in [9.17, 15) is 8.42 Å². The van der Waals surface area contributed by atoms with Crippen molar-refractivity contribution in [2.75, 3.05) is 13.1 Å². The van der Waals surface area contributed by atoms with Crippen LogP contribution in [0.1, 0.15) is 39.5 Å². The molecular formula is C11H26IN5O2S. The third-order valence-electron chi connectivity index (χ3n) is 2.78. The number of nitrogens with zero attached hydrogens (tertiary/aromatic N) is 1. The lowest BCUT2D eigenvalue weighted by molar-refractivity contribution is 0.555. The number of hydrogen-bond donors (Lipinski definition) is 4. The molecule has 0 amide bonds. The van der Waals surface area contributed by atoms with E-state index in [-0.39, 0.29) is 36.6 Å². The zero-order valence-electron chi connectivity index (χ0n) is 12.1. The SMILES string of the molecule is CC(C)NS(=O)(=O)NCCN=C(N)NC1CCCC1.I. The van der Waals surface area contributed by atoms with Crippen LogP contribution in [0, 0.1) is 0 Å². The molecule has 9 heteroatoms. The summed E-state index contributed by atoms with van der Waals surface area (Å²) in [5.41, 5.74) is 5.73. The van der Waals surface area contributed by atoms with Crippen molar-refractivity contribution in [1.82, 2.24) is 14.8 Å². The number of nitrogens with one attached hydrogen (secondary N) is 3. The maximum atomic E-state index is 11.4. The normalized spacial score (nSPS) is 17.2. The summed E-state index contributed by atoms with van der Waals surface area (Å²) < 4.78 is 27.7. The number of aliphatic imine (C=N–C) groups is 1. The zero-order valence-corrected chi connectivity index (χ0v) is 15.2. The Kier molecular flexibility index (Phi) is 9.68. The Hall–Kier alpha value is -0.130. The van der Waals surface area contributed by atoms with Gasteiger partial charge >= 0.3 is 0 Å². The summed E-state index contributed by atoms with van der Waals surface area (Å²) in [6.07, 6.45) is 4.71. The standard InChI is InChI=1S/C11H25N5O2S.HI/c1-9(2)16-19(17,18)14-8-7-13-11(12)15-10-5-3-4-6-10;/h9-10,14,16H,3-8H2,1-2H3,(H3,12,13,15);1H. The third-order valence-corrected chi connectivity index (χ3v) is 4.15. The minimum Gasteiger partial charge on any atom is -0.370 e. The molecule has 0 radical (unpaired) electrons. The van der Waals surface area contributed by atoms with Gasteiger partial charge in [-0.25, -0.2) is 4.72 Å². The average molecular weight is 419 g/mol. The number of rotatable bonds is 7. The van der Waals surface area contributed by atoms with Crippen LogP contribution in [-0.4, -0.2) is 39.6 Å². The van der Waals surface area contributed by atoms with Crippen LogP contribution in [0.4, 0.5) is 0 Å². The maximum absolute atomic E-state index is 11.4. The first kappa shape index (κ1) is 19.9. The van der Waals surface area contributed by atoms with Crippen LogP contribution >= 0.6 is 24.0 Å². The first-order valence-electron chi connectivity index (χ1n) is 6.72. The Labute approximate surface area is 138 Å². The molecule has 1 fully saturated rings. The van der Waals surface area contributed by atoms with E-state index in [1.165, 1.54) is 12.8 Å². The molecule has 1 aliphatic rings. The molecule has 0 aromatic carbocycles. The first-order chi connectivity index (χ1) is 8.89. The number of guanidine groups is 1. The van der Waals surface area contributed by atoms with Gasteiger partial charge in [-0.2, -0.15) is 13.1 Å². The van der Waals surface area contributed by atoms with Crippen LogP contribution in [0.25, 0.3) is 0 Å². The molecule has 0 saturated heterocycles. The molecule has 5 N–H and O–H groups in total. The van der Waals surface area contributed by atoms with E-state index in [1.54, 1.807) is 13.8 Å². The molecule has 0 bridgehead atoms. The fourth-order valence-corrected chi connectivity index (χ4v) is 3.10. The van der Waals surface area contributed by atoms with Gasteiger partial charge in [0.15, 0.2) is 5.96 Å². The molecule has 0 aromatic rings. The molecule has 1 aliphatic carbocycles. The van der Waals surface area contributed by atoms with Crippen molar-refractivity contribution in [3.63, 3.8) is 0 Å². The highest BCUT2D eigenvalue weighted by molar-refractivity contribution is 14.0. The van der Waals surface area contributed by atoms with E-state index in [0.29, 0.717) is 18.5 Å². The molecule has 20 heavy (non-hydrogen) atoms. The van der Waals surface area contributed by atoms with Crippen LogP contribution < -0.4 is 20.5 Å². The van der Waals surface area contributed by atoms with Crippen molar-refractivity contribution < 1.29 is 8.42 Å². The summed E-state index contributed by atoms with van der Waals surface area (Å²) in [4.78, 5) is 4.10. The molecule has 0 unspecified atom stereocenters. The molecule has 0 spiro atoms. The Morgan fingerprint density at radius 1 is 1.35 bits per heavy atom. The highest BCUT2D eigenvalue weighted by Gasteiger charge is 2.14. The van der Waals surface area contributed by atoms with E-state index < -0.39 is 10.2 Å². The number of halogens is 1. The lowest BCUT2D eigenvalue weighted by Gasteiger charge is -2.12. The molecule has 0 aromatic heterocycles. The lowest BCUT2D eigenvalue weighted by atomic mass is 10.2. The average Bonchev–Trinajstić information content (AvgIpc) is 2.75. The molecule has 0 atom stereocenters. The molecular weight excluding hydrogens is 393 g/mol. The van der Waals surface area contributed by atoms with Gasteiger partial charge in [-0.1, -0.05) is 12.8 Å². The maximum Gasteiger partial charge on any atom is 0.277 e. The largest absolute Gasteiger partial charge is 0.370 e. The summed E-state index contributed by atoms with van der Waals surface area (Å²) in [5.74, 6) is 0.392. The predicted molar refractivity (Wildman–Crippen MR) is 92.5 cm³/mol. The van der Waals surface area contributed by atoms with Crippen LogP contribution in [0.15, 0.2) is 4.99 Å². The van der Waals surface area contributed by atoms with E-state index in [0.717, 1.165) is 12.8 Å². The number of nitrogens with two attached hydrogens (primary N) is 1. The topological polar surface area (TPSA) is 109 Å². The summed E-state index contributed by atoms with van der Waals surface area (Å²) in [5, 5.41) is 3.14. The first-order valence-corrected chi connectivity index (χ1v) is 8.21. The minimum absolute atomic E-state index is 0. The highest BCUT2D eigenvalue weighted by atomic mass is 127. The summed E-state index contributed by atoms with van der Waals surface area (Å²) in [7, 11) is -3.43. The highest BCUT2D eigenvalue weighted by Crippen LogP contribution is 2.17. The van der Waals surface area contributed by atoms with Gasteiger partial charge < -0.3 is 11.1 Å². The summed E-state index contributed by atoms with van der Waals surface area (Å²) in [6, 6.07) is 0.290. The lowest BCUT2D eigenvalue weighted by Crippen LogP contribution is -2.42. The van der Waals surface area contributed by atoms with Gasteiger partial charge in [-0.15, -0.1) is 24.0 Å². The van der Waals surface area contributed by atoms with Crippen molar-refractivity contribution in [2.24, 2.45) is 10.7 Å². The van der Waals surface area contributed by atoms with Crippen molar-refractivity contribution >= 4 is 40.1 Å². The molecule has 1 rings (SSSR count). The van der Waals surface area contributed by atoms with E-state index >= 15 is 0 Å². The molecule has 120 valence electrons. The summed E-state index contributed by atoms with van der Waals surface area (Å²) in [6.45, 7) is 4.08. The second-order valence-electron chi connectivity index (χ2n) is 5.06. The molecule has 1 saturated carbocycles. The second-order valence-corrected chi connectivity index (χ2v) is 6.59. The van der Waals surface area contributed by atoms with Gasteiger partial charge in [-0.3, -0.25) is 4.99 Å². The van der Waals surface area contributed by atoms with Gasteiger partial charge in [0.1, 0.15) is 0 Å². The minimum atomic E-state index is -3.43. The van der Waals surface area contributed by atoms with Gasteiger partial charge in [0.25, 0.3) is 10.2 Å². The van der Waals surface area contributed by atoms with Crippen LogP contribution in [0.5, 0.6) is 0 Å². The second kappa shape index (κ2) is 9.74. The fourth-order valence-electron chi connectivity index (χ4n) is 2.03. The van der Waals surface area contributed by atoms with Crippen molar-refractivity contribution in [1.29, 1.82) is 0 Å². The smallest absolute Gasteiger partial charge is 0.277 e. The predicted octanol–water partition coefficient (Wildman–Crippen LogP) is 0.284. The van der Waals surface area contributed by atoms with Crippen LogP contribution in [-0.2, 0) is 10.2 Å².